The van der Waals surface area contributed by atoms with Crippen LogP contribution in [-0.4, -0.2) is 24.0 Å². The van der Waals surface area contributed by atoms with Gasteiger partial charge in [-0.3, -0.25) is 4.98 Å². The van der Waals surface area contributed by atoms with E-state index in [1.54, 1.807) is 0 Å². The average molecular weight is 192 g/mol. The molecule has 0 spiro atoms. The lowest BCUT2D eigenvalue weighted by atomic mass is 9.87. The molecule has 1 rings (SSSR count). The van der Waals surface area contributed by atoms with E-state index >= 15 is 0 Å². The molecular formula is C12H20N2. The fraction of sp³-hybridized carbons (Fsp3) is 0.583. The van der Waals surface area contributed by atoms with Crippen molar-refractivity contribution in [3.63, 3.8) is 0 Å². The molecule has 0 radical (unpaired) electrons. The van der Waals surface area contributed by atoms with Crippen molar-refractivity contribution in [3.8, 4) is 0 Å². The topological polar surface area (TPSA) is 16.1 Å². The van der Waals surface area contributed by atoms with Gasteiger partial charge in [0.1, 0.15) is 0 Å². The summed E-state index contributed by atoms with van der Waals surface area (Å²) in [4.78, 5) is 6.49. The van der Waals surface area contributed by atoms with Crippen molar-refractivity contribution in [2.24, 2.45) is 0 Å². The van der Waals surface area contributed by atoms with E-state index in [0.29, 0.717) is 0 Å². The molecule has 1 aromatic heterocycles. The zero-order valence-corrected chi connectivity index (χ0v) is 9.83. The van der Waals surface area contributed by atoms with E-state index in [-0.39, 0.29) is 5.41 Å². The van der Waals surface area contributed by atoms with Gasteiger partial charge in [-0.05, 0) is 37.2 Å². The lowest BCUT2D eigenvalue weighted by molar-refractivity contribution is 0.396. The van der Waals surface area contributed by atoms with Gasteiger partial charge in [0.25, 0.3) is 0 Å². The first-order valence-corrected chi connectivity index (χ1v) is 5.00. The molecule has 14 heavy (non-hydrogen) atoms. The summed E-state index contributed by atoms with van der Waals surface area (Å²) in [7, 11) is 4.12. The summed E-state index contributed by atoms with van der Waals surface area (Å²) in [5.74, 6) is 0. The first-order valence-electron chi connectivity index (χ1n) is 5.00. The number of hydrogen-bond donors (Lipinski definition) is 0. The van der Waals surface area contributed by atoms with Crippen molar-refractivity contribution in [2.75, 3.05) is 14.1 Å². The third-order valence-corrected chi connectivity index (χ3v) is 2.16. The number of rotatable bonds is 2. The minimum Gasteiger partial charge on any atom is -0.304 e. The fourth-order valence-electron chi connectivity index (χ4n) is 1.36. The van der Waals surface area contributed by atoms with E-state index in [9.17, 15) is 0 Å². The average Bonchev–Trinajstić information content (AvgIpc) is 2.01. The molecule has 0 unspecified atom stereocenters. The monoisotopic (exact) mass is 192 g/mol. The molecule has 1 aromatic rings. The Balaban J connectivity index is 2.90. The second-order valence-corrected chi connectivity index (χ2v) is 5.02. The van der Waals surface area contributed by atoms with Gasteiger partial charge in [0, 0.05) is 12.7 Å². The SMILES string of the molecule is CN(C)Cc1cc(C(C)(C)C)ccn1. The molecule has 0 N–H and O–H groups in total. The molecule has 0 bridgehead atoms. The minimum absolute atomic E-state index is 0.212. The van der Waals surface area contributed by atoms with Crippen LogP contribution >= 0.6 is 0 Å². The van der Waals surface area contributed by atoms with Gasteiger partial charge >= 0.3 is 0 Å². The Kier molecular flexibility index (Phi) is 3.27. The molecule has 0 saturated heterocycles. The molecule has 0 aliphatic heterocycles. The molecule has 1 heterocycles. The van der Waals surface area contributed by atoms with E-state index in [1.165, 1.54) is 5.56 Å². The molecular weight excluding hydrogens is 172 g/mol. The van der Waals surface area contributed by atoms with E-state index < -0.39 is 0 Å². The molecule has 0 amide bonds. The van der Waals surface area contributed by atoms with Gasteiger partial charge in [-0.1, -0.05) is 20.8 Å². The Morgan fingerprint density at radius 3 is 2.43 bits per heavy atom. The van der Waals surface area contributed by atoms with Crippen molar-refractivity contribution in [1.82, 2.24) is 9.88 Å². The van der Waals surface area contributed by atoms with Crippen molar-refractivity contribution < 1.29 is 0 Å². The summed E-state index contributed by atoms with van der Waals surface area (Å²) in [5, 5.41) is 0. The maximum Gasteiger partial charge on any atom is 0.0546 e. The summed E-state index contributed by atoms with van der Waals surface area (Å²) in [6.45, 7) is 7.58. The van der Waals surface area contributed by atoms with Crippen LogP contribution in [0.5, 0.6) is 0 Å². The molecule has 0 aromatic carbocycles. The zero-order valence-electron chi connectivity index (χ0n) is 9.83. The Hall–Kier alpha value is -0.890. The van der Waals surface area contributed by atoms with Crippen molar-refractivity contribution in [2.45, 2.75) is 32.7 Å². The van der Waals surface area contributed by atoms with Crippen LogP contribution in [-0.2, 0) is 12.0 Å². The molecule has 78 valence electrons. The molecule has 0 atom stereocenters. The number of hydrogen-bond acceptors (Lipinski definition) is 2. The van der Waals surface area contributed by atoms with Crippen LogP contribution in [0.1, 0.15) is 32.0 Å². The van der Waals surface area contributed by atoms with E-state index in [4.69, 9.17) is 0 Å². The van der Waals surface area contributed by atoms with Crippen LogP contribution < -0.4 is 0 Å². The Morgan fingerprint density at radius 1 is 1.29 bits per heavy atom. The van der Waals surface area contributed by atoms with Crippen LogP contribution in [0.4, 0.5) is 0 Å². The van der Waals surface area contributed by atoms with Gasteiger partial charge in [-0.15, -0.1) is 0 Å². The highest BCUT2D eigenvalue weighted by molar-refractivity contribution is 5.23. The minimum atomic E-state index is 0.212. The smallest absolute Gasteiger partial charge is 0.0546 e. The van der Waals surface area contributed by atoms with Crippen LogP contribution in [0.3, 0.4) is 0 Å². The zero-order chi connectivity index (χ0) is 10.8. The van der Waals surface area contributed by atoms with Gasteiger partial charge in [0.15, 0.2) is 0 Å². The standard InChI is InChI=1S/C12H20N2/c1-12(2,3)10-6-7-13-11(8-10)9-14(4)5/h6-8H,9H2,1-5H3. The van der Waals surface area contributed by atoms with Crippen molar-refractivity contribution in [1.29, 1.82) is 0 Å². The summed E-state index contributed by atoms with van der Waals surface area (Å²) < 4.78 is 0. The first kappa shape index (κ1) is 11.2. The van der Waals surface area contributed by atoms with Crippen LogP contribution in [0.2, 0.25) is 0 Å². The summed E-state index contributed by atoms with van der Waals surface area (Å²) in [5.41, 5.74) is 2.70. The molecule has 0 saturated carbocycles. The lowest BCUT2D eigenvalue weighted by Crippen LogP contribution is -2.15. The highest BCUT2D eigenvalue weighted by Gasteiger charge is 2.13. The number of nitrogens with zero attached hydrogens (tertiary/aromatic N) is 2. The first-order chi connectivity index (χ1) is 6.39. The highest BCUT2D eigenvalue weighted by Crippen LogP contribution is 2.21. The van der Waals surface area contributed by atoms with E-state index in [2.05, 4.69) is 56.9 Å². The van der Waals surface area contributed by atoms with Gasteiger partial charge in [-0.25, -0.2) is 0 Å². The van der Waals surface area contributed by atoms with Crippen LogP contribution in [0.25, 0.3) is 0 Å². The lowest BCUT2D eigenvalue weighted by Gasteiger charge is -2.20. The molecule has 0 aliphatic carbocycles. The highest BCUT2D eigenvalue weighted by atomic mass is 15.1. The van der Waals surface area contributed by atoms with Gasteiger partial charge in [0.2, 0.25) is 0 Å². The fourth-order valence-corrected chi connectivity index (χ4v) is 1.36. The number of aromatic nitrogens is 1. The Labute approximate surface area is 87.0 Å². The van der Waals surface area contributed by atoms with Gasteiger partial charge in [-0.2, -0.15) is 0 Å². The third kappa shape index (κ3) is 3.11. The molecule has 2 heteroatoms. The van der Waals surface area contributed by atoms with Gasteiger partial charge < -0.3 is 4.90 Å². The molecule has 0 aliphatic rings. The second kappa shape index (κ2) is 4.09. The normalized spacial score (nSPS) is 12.1. The van der Waals surface area contributed by atoms with E-state index in [0.717, 1.165) is 12.2 Å². The van der Waals surface area contributed by atoms with Crippen LogP contribution in [0.15, 0.2) is 18.3 Å². The summed E-state index contributed by atoms with van der Waals surface area (Å²) in [6.07, 6.45) is 1.90. The van der Waals surface area contributed by atoms with Crippen molar-refractivity contribution in [3.05, 3.63) is 29.6 Å². The number of pyridine rings is 1. The van der Waals surface area contributed by atoms with Crippen molar-refractivity contribution >= 4 is 0 Å². The van der Waals surface area contributed by atoms with E-state index in [1.807, 2.05) is 6.20 Å². The summed E-state index contributed by atoms with van der Waals surface area (Å²) in [6, 6.07) is 4.29. The van der Waals surface area contributed by atoms with Gasteiger partial charge in [0.05, 0.1) is 5.69 Å². The molecule has 2 nitrogen and oxygen atoms in total. The summed E-state index contributed by atoms with van der Waals surface area (Å²) >= 11 is 0. The van der Waals surface area contributed by atoms with Crippen LogP contribution in [0, 0.1) is 0 Å². The third-order valence-electron chi connectivity index (χ3n) is 2.16. The molecule has 0 fully saturated rings. The largest absolute Gasteiger partial charge is 0.304 e. The predicted molar refractivity (Wildman–Crippen MR) is 60.3 cm³/mol. The Bertz CT molecular complexity index is 297. The maximum atomic E-state index is 4.35. The Morgan fingerprint density at radius 2 is 1.93 bits per heavy atom. The maximum absolute atomic E-state index is 4.35. The second-order valence-electron chi connectivity index (χ2n) is 5.02. The predicted octanol–water partition coefficient (Wildman–Crippen LogP) is 2.44. The quantitative estimate of drug-likeness (QED) is 0.715.